The third kappa shape index (κ3) is 2.48. The average Bonchev–Trinajstić information content (AvgIpc) is 2.94. The maximum atomic E-state index is 13.1. The normalized spacial score (nSPS) is 15.4. The van der Waals surface area contributed by atoms with E-state index < -0.39 is 6.10 Å². The molecule has 1 aromatic heterocycles. The Morgan fingerprint density at radius 2 is 1.72 bits per heavy atom. The number of nitrogens with zero attached hydrogens (tertiary/aromatic N) is 1. The molecule has 0 spiro atoms. The second kappa shape index (κ2) is 6.44. The number of hydrogen-bond donors (Lipinski definition) is 3. The molecule has 0 radical (unpaired) electrons. The summed E-state index contributed by atoms with van der Waals surface area (Å²) >= 11 is 0. The Morgan fingerprint density at radius 1 is 1.00 bits per heavy atom. The van der Waals surface area contributed by atoms with Crippen molar-refractivity contribution in [3.63, 3.8) is 0 Å². The van der Waals surface area contributed by atoms with Crippen LogP contribution in [0.3, 0.4) is 0 Å². The predicted octanol–water partition coefficient (Wildman–Crippen LogP) is 1.65. The highest BCUT2D eigenvalue weighted by atomic mass is 16.3. The van der Waals surface area contributed by atoms with E-state index in [9.17, 15) is 9.90 Å². The second-order valence-corrected chi connectivity index (χ2v) is 6.23. The molecular formula is C20H20N2O3. The van der Waals surface area contributed by atoms with E-state index >= 15 is 0 Å². The van der Waals surface area contributed by atoms with Crippen molar-refractivity contribution >= 4 is 10.8 Å². The van der Waals surface area contributed by atoms with Gasteiger partial charge in [0.15, 0.2) is 0 Å². The first-order valence-corrected chi connectivity index (χ1v) is 8.48. The predicted molar refractivity (Wildman–Crippen MR) is 97.7 cm³/mol. The van der Waals surface area contributed by atoms with Gasteiger partial charge >= 0.3 is 0 Å². The Morgan fingerprint density at radius 3 is 2.52 bits per heavy atom. The summed E-state index contributed by atoms with van der Waals surface area (Å²) in [6.07, 6.45) is -0.728. The van der Waals surface area contributed by atoms with Gasteiger partial charge in [-0.2, -0.15) is 0 Å². The zero-order valence-corrected chi connectivity index (χ0v) is 13.8. The standard InChI is InChI=1S/C20H20N2O3/c23-12-10-21-9-11-22-18-14-6-2-3-7-15(14)19(24)17(18)13-5-1-4-8-16(13)20(22)25/h1-8,19,21,23-24H,9-12H2/t19-/m1/s1. The number of rotatable bonds is 5. The topological polar surface area (TPSA) is 74.5 Å². The number of aromatic nitrogens is 1. The van der Waals surface area contributed by atoms with Crippen LogP contribution in [0.1, 0.15) is 17.2 Å². The fourth-order valence-corrected chi connectivity index (χ4v) is 3.71. The largest absolute Gasteiger partial charge is 0.395 e. The SMILES string of the molecule is O=c1c2ccccc2c2c(n1CCNCCO)-c1ccccc1[C@H]2O. The molecule has 5 nitrogen and oxygen atoms in total. The van der Waals surface area contributed by atoms with Gasteiger partial charge in [-0.25, -0.2) is 0 Å². The van der Waals surface area contributed by atoms with Gasteiger partial charge in [-0.15, -0.1) is 0 Å². The van der Waals surface area contributed by atoms with Gasteiger partial charge in [0, 0.05) is 36.1 Å². The van der Waals surface area contributed by atoms with Gasteiger partial charge in [-0.05, 0) is 17.0 Å². The highest BCUT2D eigenvalue weighted by Gasteiger charge is 2.32. The fourth-order valence-electron chi connectivity index (χ4n) is 3.71. The summed E-state index contributed by atoms with van der Waals surface area (Å²) in [4.78, 5) is 13.1. The monoisotopic (exact) mass is 336 g/mol. The van der Waals surface area contributed by atoms with Crippen molar-refractivity contribution in [1.82, 2.24) is 9.88 Å². The molecule has 0 fully saturated rings. The van der Waals surface area contributed by atoms with Gasteiger partial charge in [-0.3, -0.25) is 4.79 Å². The number of aliphatic hydroxyl groups excluding tert-OH is 2. The minimum absolute atomic E-state index is 0.0518. The molecule has 0 bridgehead atoms. The second-order valence-electron chi connectivity index (χ2n) is 6.23. The van der Waals surface area contributed by atoms with Crippen LogP contribution in [0.15, 0.2) is 53.3 Å². The van der Waals surface area contributed by atoms with Crippen LogP contribution in [0.5, 0.6) is 0 Å². The molecule has 2 aromatic carbocycles. The number of aliphatic hydroxyl groups is 2. The summed E-state index contributed by atoms with van der Waals surface area (Å²) in [5.41, 5.74) is 3.31. The van der Waals surface area contributed by atoms with Gasteiger partial charge in [0.1, 0.15) is 6.10 Å². The maximum absolute atomic E-state index is 13.1. The van der Waals surface area contributed by atoms with E-state index in [0.29, 0.717) is 25.0 Å². The van der Waals surface area contributed by atoms with Crippen LogP contribution in [-0.4, -0.2) is 34.5 Å². The molecule has 1 aliphatic rings. The summed E-state index contributed by atoms with van der Waals surface area (Å²) < 4.78 is 1.75. The first-order chi connectivity index (χ1) is 12.2. The van der Waals surface area contributed by atoms with E-state index in [-0.39, 0.29) is 12.2 Å². The lowest BCUT2D eigenvalue weighted by atomic mass is 10.0. The first-order valence-electron chi connectivity index (χ1n) is 8.48. The Kier molecular flexibility index (Phi) is 4.13. The van der Waals surface area contributed by atoms with Crippen LogP contribution >= 0.6 is 0 Å². The third-order valence-electron chi connectivity index (χ3n) is 4.80. The number of hydrogen-bond acceptors (Lipinski definition) is 4. The molecule has 1 atom stereocenters. The van der Waals surface area contributed by atoms with Crippen molar-refractivity contribution in [3.05, 3.63) is 70.0 Å². The minimum Gasteiger partial charge on any atom is -0.395 e. The molecule has 0 saturated carbocycles. The van der Waals surface area contributed by atoms with Crippen molar-refractivity contribution in [3.8, 4) is 11.3 Å². The fraction of sp³-hybridized carbons (Fsp3) is 0.250. The smallest absolute Gasteiger partial charge is 0.258 e. The average molecular weight is 336 g/mol. The van der Waals surface area contributed by atoms with Crippen LogP contribution in [0.25, 0.3) is 22.0 Å². The van der Waals surface area contributed by atoms with Crippen molar-refractivity contribution < 1.29 is 10.2 Å². The molecule has 0 saturated heterocycles. The van der Waals surface area contributed by atoms with Crippen LogP contribution in [0.2, 0.25) is 0 Å². The van der Waals surface area contributed by atoms with Gasteiger partial charge in [-0.1, -0.05) is 42.5 Å². The molecule has 3 aromatic rings. The van der Waals surface area contributed by atoms with Gasteiger partial charge in [0.05, 0.1) is 12.3 Å². The Bertz CT molecular complexity index is 994. The first kappa shape index (κ1) is 16.0. The number of pyridine rings is 1. The molecule has 128 valence electrons. The van der Waals surface area contributed by atoms with Gasteiger partial charge in [0.25, 0.3) is 5.56 Å². The summed E-state index contributed by atoms with van der Waals surface area (Å²) in [7, 11) is 0. The Labute approximate surface area is 145 Å². The van der Waals surface area contributed by atoms with Gasteiger partial charge in [0.2, 0.25) is 0 Å². The minimum atomic E-state index is -0.728. The van der Waals surface area contributed by atoms with Crippen molar-refractivity contribution in [2.24, 2.45) is 0 Å². The van der Waals surface area contributed by atoms with Crippen molar-refractivity contribution in [1.29, 1.82) is 0 Å². The lowest BCUT2D eigenvalue weighted by Crippen LogP contribution is -2.30. The highest BCUT2D eigenvalue weighted by Crippen LogP contribution is 2.45. The lowest BCUT2D eigenvalue weighted by Gasteiger charge is -2.16. The van der Waals surface area contributed by atoms with E-state index in [1.54, 1.807) is 4.57 Å². The van der Waals surface area contributed by atoms with E-state index in [0.717, 1.165) is 27.8 Å². The molecule has 0 aliphatic heterocycles. The van der Waals surface area contributed by atoms with Crippen LogP contribution in [-0.2, 0) is 6.54 Å². The lowest BCUT2D eigenvalue weighted by molar-refractivity contribution is 0.226. The molecule has 4 rings (SSSR count). The van der Waals surface area contributed by atoms with Crippen LogP contribution in [0.4, 0.5) is 0 Å². The summed E-state index contributed by atoms with van der Waals surface area (Å²) in [5, 5.41) is 24.4. The molecular weight excluding hydrogens is 316 g/mol. The number of fused-ring (bicyclic) bond motifs is 5. The zero-order valence-electron chi connectivity index (χ0n) is 13.8. The quantitative estimate of drug-likeness (QED) is 0.619. The molecule has 1 heterocycles. The van der Waals surface area contributed by atoms with E-state index in [1.165, 1.54) is 0 Å². The summed E-state index contributed by atoms with van der Waals surface area (Å²) in [6, 6.07) is 15.1. The molecule has 0 amide bonds. The van der Waals surface area contributed by atoms with E-state index in [1.807, 2.05) is 48.5 Å². The number of benzene rings is 2. The van der Waals surface area contributed by atoms with Crippen molar-refractivity contribution in [2.75, 3.05) is 19.7 Å². The van der Waals surface area contributed by atoms with Gasteiger partial charge < -0.3 is 20.1 Å². The third-order valence-corrected chi connectivity index (χ3v) is 4.80. The molecule has 3 N–H and O–H groups in total. The molecule has 1 aliphatic carbocycles. The molecule has 0 unspecified atom stereocenters. The maximum Gasteiger partial charge on any atom is 0.258 e. The Balaban J connectivity index is 1.96. The molecule has 5 heteroatoms. The zero-order chi connectivity index (χ0) is 17.4. The van der Waals surface area contributed by atoms with E-state index in [4.69, 9.17) is 5.11 Å². The van der Waals surface area contributed by atoms with Crippen LogP contribution < -0.4 is 10.9 Å². The van der Waals surface area contributed by atoms with Crippen LogP contribution in [0, 0.1) is 0 Å². The highest BCUT2D eigenvalue weighted by molar-refractivity contribution is 5.94. The summed E-state index contributed by atoms with van der Waals surface area (Å²) in [5.74, 6) is 0. The van der Waals surface area contributed by atoms with Crippen molar-refractivity contribution in [2.45, 2.75) is 12.6 Å². The molecule has 25 heavy (non-hydrogen) atoms. The summed E-state index contributed by atoms with van der Waals surface area (Å²) in [6.45, 7) is 1.60. The number of nitrogens with one attached hydrogen (secondary N) is 1. The Hall–Kier alpha value is -2.47. The van der Waals surface area contributed by atoms with E-state index in [2.05, 4.69) is 5.32 Å².